The van der Waals surface area contributed by atoms with Gasteiger partial charge in [-0.1, -0.05) is 19.4 Å². The Morgan fingerprint density at radius 2 is 2.29 bits per heavy atom. The summed E-state index contributed by atoms with van der Waals surface area (Å²) in [6, 6.07) is 1.89. The molecule has 3 nitrogen and oxygen atoms in total. The maximum atomic E-state index is 11.6. The molecule has 1 aromatic heterocycles. The Hall–Kier alpha value is -1.38. The summed E-state index contributed by atoms with van der Waals surface area (Å²) in [5, 5.41) is 4.10. The second kappa shape index (κ2) is 4.74. The average molecular weight is 192 g/mol. The van der Waals surface area contributed by atoms with E-state index in [1.54, 1.807) is 6.08 Å². The van der Waals surface area contributed by atoms with Gasteiger partial charge < -0.3 is 0 Å². The lowest BCUT2D eigenvalue weighted by Crippen LogP contribution is -2.10. The Labute approximate surface area is 84.4 Å². The molecule has 0 aliphatic heterocycles. The van der Waals surface area contributed by atoms with Crippen LogP contribution in [0.4, 0.5) is 0 Å². The quantitative estimate of drug-likeness (QED) is 0.690. The lowest BCUT2D eigenvalue weighted by molar-refractivity contribution is 0.0951. The Bertz CT molecular complexity index is 350. The second-order valence-corrected chi connectivity index (χ2v) is 3.37. The molecule has 0 amide bonds. The van der Waals surface area contributed by atoms with Crippen LogP contribution < -0.4 is 0 Å². The van der Waals surface area contributed by atoms with Crippen LogP contribution in [0.15, 0.2) is 18.2 Å². The summed E-state index contributed by atoms with van der Waals surface area (Å²) in [5.41, 5.74) is 1.76. The van der Waals surface area contributed by atoms with Crippen molar-refractivity contribution < 1.29 is 4.79 Å². The molecule has 0 fully saturated rings. The second-order valence-electron chi connectivity index (χ2n) is 3.37. The third-order valence-corrected chi connectivity index (χ3v) is 1.93. The molecule has 3 heteroatoms. The summed E-state index contributed by atoms with van der Waals surface area (Å²) in [4.78, 5) is 11.6. The van der Waals surface area contributed by atoms with Gasteiger partial charge in [0.1, 0.15) is 0 Å². The summed E-state index contributed by atoms with van der Waals surface area (Å²) in [6.45, 7) is 5.84. The SMILES string of the molecule is CCC/C=C/C(=O)n1nc(C)cc1C. The van der Waals surface area contributed by atoms with E-state index in [4.69, 9.17) is 0 Å². The monoisotopic (exact) mass is 192 g/mol. The van der Waals surface area contributed by atoms with Gasteiger partial charge in [0.25, 0.3) is 5.91 Å². The Balaban J connectivity index is 2.74. The highest BCUT2D eigenvalue weighted by molar-refractivity contribution is 5.89. The van der Waals surface area contributed by atoms with Crippen molar-refractivity contribution in [2.24, 2.45) is 0 Å². The van der Waals surface area contributed by atoms with Crippen molar-refractivity contribution in [1.29, 1.82) is 0 Å². The van der Waals surface area contributed by atoms with E-state index in [1.165, 1.54) is 4.68 Å². The normalized spacial score (nSPS) is 11.1. The van der Waals surface area contributed by atoms with Crippen LogP contribution in [0.25, 0.3) is 0 Å². The summed E-state index contributed by atoms with van der Waals surface area (Å²) < 4.78 is 1.43. The van der Waals surface area contributed by atoms with Gasteiger partial charge in [-0.3, -0.25) is 4.79 Å². The number of carbonyl (C=O) groups excluding carboxylic acids is 1. The number of allylic oxidation sites excluding steroid dienone is 2. The van der Waals surface area contributed by atoms with Crippen molar-refractivity contribution in [2.45, 2.75) is 33.6 Å². The molecule has 0 aliphatic rings. The Kier molecular flexibility index (Phi) is 3.63. The van der Waals surface area contributed by atoms with Crippen molar-refractivity contribution in [1.82, 2.24) is 9.78 Å². The highest BCUT2D eigenvalue weighted by Crippen LogP contribution is 2.02. The van der Waals surface area contributed by atoms with E-state index in [0.29, 0.717) is 0 Å². The van der Waals surface area contributed by atoms with Crippen LogP contribution in [0.3, 0.4) is 0 Å². The molecule has 0 unspecified atom stereocenters. The van der Waals surface area contributed by atoms with E-state index in [1.807, 2.05) is 26.0 Å². The van der Waals surface area contributed by atoms with E-state index < -0.39 is 0 Å². The van der Waals surface area contributed by atoms with Gasteiger partial charge in [0.2, 0.25) is 0 Å². The van der Waals surface area contributed by atoms with Crippen LogP contribution >= 0.6 is 0 Å². The molecule has 0 saturated heterocycles. The van der Waals surface area contributed by atoms with E-state index >= 15 is 0 Å². The molecule has 0 radical (unpaired) electrons. The first-order valence-corrected chi connectivity index (χ1v) is 4.89. The predicted octanol–water partition coefficient (Wildman–Crippen LogP) is 2.50. The minimum atomic E-state index is -0.0657. The molecular weight excluding hydrogens is 176 g/mol. The fraction of sp³-hybridized carbons (Fsp3) is 0.455. The zero-order chi connectivity index (χ0) is 10.6. The van der Waals surface area contributed by atoms with Crippen molar-refractivity contribution in [3.63, 3.8) is 0 Å². The number of aromatic nitrogens is 2. The first-order valence-electron chi connectivity index (χ1n) is 4.89. The third-order valence-electron chi connectivity index (χ3n) is 1.93. The van der Waals surface area contributed by atoms with Gasteiger partial charge in [0.15, 0.2) is 0 Å². The topological polar surface area (TPSA) is 34.9 Å². The van der Waals surface area contributed by atoms with Crippen LogP contribution in [-0.2, 0) is 0 Å². The minimum absolute atomic E-state index is 0.0657. The fourth-order valence-corrected chi connectivity index (χ4v) is 1.27. The van der Waals surface area contributed by atoms with E-state index in [9.17, 15) is 4.79 Å². The van der Waals surface area contributed by atoms with Crippen LogP contribution in [-0.4, -0.2) is 15.7 Å². The molecule has 0 aliphatic carbocycles. The number of carbonyl (C=O) groups is 1. The standard InChI is InChI=1S/C11H16N2O/c1-4-5-6-7-11(14)13-10(3)8-9(2)12-13/h6-8H,4-5H2,1-3H3/b7-6+. The van der Waals surface area contributed by atoms with Gasteiger partial charge in [-0.15, -0.1) is 0 Å². The number of rotatable bonds is 3. The van der Waals surface area contributed by atoms with Crippen molar-refractivity contribution in [2.75, 3.05) is 0 Å². The Morgan fingerprint density at radius 1 is 1.57 bits per heavy atom. The third kappa shape index (κ3) is 2.55. The molecule has 0 bridgehead atoms. The van der Waals surface area contributed by atoms with E-state index in [0.717, 1.165) is 24.2 Å². The summed E-state index contributed by atoms with van der Waals surface area (Å²) in [7, 11) is 0. The lowest BCUT2D eigenvalue weighted by atomic mass is 10.3. The molecular formula is C11H16N2O. The molecule has 14 heavy (non-hydrogen) atoms. The summed E-state index contributed by atoms with van der Waals surface area (Å²) in [5.74, 6) is -0.0657. The molecule has 76 valence electrons. The summed E-state index contributed by atoms with van der Waals surface area (Å²) >= 11 is 0. The van der Waals surface area contributed by atoms with Crippen molar-refractivity contribution in [3.05, 3.63) is 29.6 Å². The highest BCUT2D eigenvalue weighted by Gasteiger charge is 2.05. The first kappa shape index (κ1) is 10.7. The van der Waals surface area contributed by atoms with Crippen molar-refractivity contribution >= 4 is 5.91 Å². The van der Waals surface area contributed by atoms with Gasteiger partial charge in [0.05, 0.1) is 5.69 Å². The molecule has 0 saturated carbocycles. The molecule has 1 heterocycles. The van der Waals surface area contributed by atoms with E-state index in [2.05, 4.69) is 12.0 Å². The van der Waals surface area contributed by atoms with Gasteiger partial charge in [-0.25, -0.2) is 4.68 Å². The molecule has 1 aromatic rings. The number of unbranched alkanes of at least 4 members (excludes halogenated alkanes) is 1. The van der Waals surface area contributed by atoms with Crippen LogP contribution in [0, 0.1) is 13.8 Å². The van der Waals surface area contributed by atoms with Crippen LogP contribution in [0.5, 0.6) is 0 Å². The largest absolute Gasteiger partial charge is 0.270 e. The number of hydrogen-bond acceptors (Lipinski definition) is 2. The average Bonchev–Trinajstić information content (AvgIpc) is 2.45. The molecule has 0 N–H and O–H groups in total. The first-order chi connectivity index (χ1) is 6.65. The highest BCUT2D eigenvalue weighted by atomic mass is 16.2. The van der Waals surface area contributed by atoms with Crippen LogP contribution in [0.2, 0.25) is 0 Å². The molecule has 0 aromatic carbocycles. The molecule has 1 rings (SSSR count). The van der Waals surface area contributed by atoms with Crippen LogP contribution in [0.1, 0.15) is 35.9 Å². The molecule has 0 spiro atoms. The minimum Gasteiger partial charge on any atom is -0.267 e. The van der Waals surface area contributed by atoms with Gasteiger partial charge >= 0.3 is 0 Å². The lowest BCUT2D eigenvalue weighted by Gasteiger charge is -1.96. The van der Waals surface area contributed by atoms with E-state index in [-0.39, 0.29) is 5.91 Å². The zero-order valence-electron chi connectivity index (χ0n) is 8.95. The molecule has 0 atom stereocenters. The van der Waals surface area contributed by atoms with Crippen molar-refractivity contribution in [3.8, 4) is 0 Å². The Morgan fingerprint density at radius 3 is 2.79 bits per heavy atom. The fourth-order valence-electron chi connectivity index (χ4n) is 1.27. The predicted molar refractivity (Wildman–Crippen MR) is 56.4 cm³/mol. The maximum Gasteiger partial charge on any atom is 0.270 e. The van der Waals surface area contributed by atoms with Gasteiger partial charge in [0, 0.05) is 11.8 Å². The number of hydrogen-bond donors (Lipinski definition) is 0. The smallest absolute Gasteiger partial charge is 0.267 e. The number of nitrogens with zero attached hydrogens (tertiary/aromatic N) is 2. The van der Waals surface area contributed by atoms with Gasteiger partial charge in [-0.05, 0) is 26.3 Å². The zero-order valence-corrected chi connectivity index (χ0v) is 8.95. The number of aryl methyl sites for hydroxylation is 2. The van der Waals surface area contributed by atoms with Gasteiger partial charge in [-0.2, -0.15) is 5.10 Å². The summed E-state index contributed by atoms with van der Waals surface area (Å²) in [6.07, 6.45) is 5.47. The maximum absolute atomic E-state index is 11.6.